The second-order valence-electron chi connectivity index (χ2n) is 3.78. The number of rotatable bonds is 4. The molecule has 1 aromatic carbocycles. The first kappa shape index (κ1) is 12.8. The number of halogens is 1. The Hall–Kier alpha value is -2.63. The first-order chi connectivity index (χ1) is 9.19. The maximum absolute atomic E-state index is 12.7. The topological polar surface area (TPSA) is 80.7 Å². The van der Waals surface area contributed by atoms with Crippen LogP contribution in [0.4, 0.5) is 4.39 Å². The predicted octanol–water partition coefficient (Wildman–Crippen LogP) is 1.89. The Balaban J connectivity index is 2.05. The molecule has 0 radical (unpaired) electrons. The smallest absolute Gasteiger partial charge is 0.188 e. The minimum atomic E-state index is -0.314. The van der Waals surface area contributed by atoms with Crippen LogP contribution in [0, 0.1) is 5.82 Å². The van der Waals surface area contributed by atoms with Gasteiger partial charge in [0.1, 0.15) is 23.9 Å². The van der Waals surface area contributed by atoms with E-state index < -0.39 is 0 Å². The van der Waals surface area contributed by atoms with Crippen LogP contribution in [0.5, 0.6) is 5.75 Å². The number of ether oxygens (including phenoxy) is 1. The maximum Gasteiger partial charge on any atom is 0.188 e. The fourth-order valence-corrected chi connectivity index (χ4v) is 1.45. The minimum Gasteiger partial charge on any atom is -0.489 e. The van der Waals surface area contributed by atoms with Gasteiger partial charge in [-0.15, -0.1) is 0 Å². The number of nitrogens with zero attached hydrogens (tertiary/aromatic N) is 2. The van der Waals surface area contributed by atoms with Gasteiger partial charge in [-0.2, -0.15) is 0 Å². The van der Waals surface area contributed by atoms with Gasteiger partial charge < -0.3 is 15.7 Å². The Bertz CT molecular complexity index is 585. The van der Waals surface area contributed by atoms with Crippen LogP contribution in [0.1, 0.15) is 11.3 Å². The molecule has 0 spiro atoms. The van der Waals surface area contributed by atoms with Gasteiger partial charge in [-0.1, -0.05) is 5.16 Å². The molecule has 5 nitrogen and oxygen atoms in total. The van der Waals surface area contributed by atoms with Crippen molar-refractivity contribution in [2.75, 3.05) is 0 Å². The highest BCUT2D eigenvalue weighted by Gasteiger charge is 2.03. The summed E-state index contributed by atoms with van der Waals surface area (Å²) in [5, 5.41) is 11.4. The third-order valence-corrected chi connectivity index (χ3v) is 2.41. The van der Waals surface area contributed by atoms with E-state index in [1.807, 2.05) is 0 Å². The second-order valence-corrected chi connectivity index (χ2v) is 3.78. The quantitative estimate of drug-likeness (QED) is 0.381. The maximum atomic E-state index is 12.7. The van der Waals surface area contributed by atoms with E-state index in [0.29, 0.717) is 11.4 Å². The third kappa shape index (κ3) is 3.41. The van der Waals surface area contributed by atoms with Gasteiger partial charge in [-0.3, -0.25) is 4.98 Å². The second kappa shape index (κ2) is 5.81. The van der Waals surface area contributed by atoms with Gasteiger partial charge in [-0.05, 0) is 42.0 Å². The van der Waals surface area contributed by atoms with E-state index in [9.17, 15) is 4.39 Å². The van der Waals surface area contributed by atoms with Crippen molar-refractivity contribution in [1.82, 2.24) is 4.98 Å². The van der Waals surface area contributed by atoms with E-state index in [1.54, 1.807) is 24.3 Å². The summed E-state index contributed by atoms with van der Waals surface area (Å²) in [6, 6.07) is 9.13. The van der Waals surface area contributed by atoms with Gasteiger partial charge in [-0.25, -0.2) is 4.39 Å². The summed E-state index contributed by atoms with van der Waals surface area (Å²) < 4.78 is 18.2. The van der Waals surface area contributed by atoms with Crippen LogP contribution in [0.25, 0.3) is 0 Å². The summed E-state index contributed by atoms with van der Waals surface area (Å²) in [5.74, 6) is 0.178. The molecule has 0 saturated heterocycles. The van der Waals surface area contributed by atoms with Crippen molar-refractivity contribution in [1.29, 1.82) is 0 Å². The number of nitrogens with two attached hydrogens (primary N) is 1. The summed E-state index contributed by atoms with van der Waals surface area (Å²) in [7, 11) is 0. The minimum absolute atomic E-state index is 0.0661. The lowest BCUT2D eigenvalue weighted by molar-refractivity contribution is 0.305. The van der Waals surface area contributed by atoms with E-state index in [4.69, 9.17) is 15.7 Å². The molecule has 0 bridgehead atoms. The lowest BCUT2D eigenvalue weighted by Crippen LogP contribution is -2.15. The van der Waals surface area contributed by atoms with Crippen LogP contribution in [-0.4, -0.2) is 16.0 Å². The van der Waals surface area contributed by atoms with Gasteiger partial charge in [0.25, 0.3) is 0 Å². The fraction of sp³-hybridized carbons (Fsp3) is 0.0769. The van der Waals surface area contributed by atoms with Gasteiger partial charge in [0, 0.05) is 6.20 Å². The Kier molecular flexibility index (Phi) is 3.92. The molecule has 19 heavy (non-hydrogen) atoms. The number of pyridine rings is 1. The molecular formula is C13H12FN3O2. The van der Waals surface area contributed by atoms with Crippen molar-refractivity contribution >= 4 is 5.84 Å². The molecule has 0 amide bonds. The number of hydrogen-bond acceptors (Lipinski definition) is 4. The monoisotopic (exact) mass is 261 g/mol. The van der Waals surface area contributed by atoms with Crippen molar-refractivity contribution in [3.05, 3.63) is 59.7 Å². The Morgan fingerprint density at radius 3 is 2.74 bits per heavy atom. The average Bonchev–Trinajstić information content (AvgIpc) is 2.46. The van der Waals surface area contributed by atoms with Crippen molar-refractivity contribution < 1.29 is 14.3 Å². The Morgan fingerprint density at radius 2 is 2.05 bits per heavy atom. The van der Waals surface area contributed by atoms with Crippen LogP contribution >= 0.6 is 0 Å². The van der Waals surface area contributed by atoms with Crippen LogP contribution in [0.3, 0.4) is 0 Å². The summed E-state index contributed by atoms with van der Waals surface area (Å²) in [6.07, 6.45) is 1.54. The normalized spacial score (nSPS) is 11.3. The molecular weight excluding hydrogens is 249 g/mol. The van der Waals surface area contributed by atoms with Crippen molar-refractivity contribution in [2.24, 2.45) is 10.9 Å². The van der Waals surface area contributed by atoms with E-state index >= 15 is 0 Å². The molecule has 0 fully saturated rings. The molecule has 6 heteroatoms. The molecule has 98 valence electrons. The summed E-state index contributed by atoms with van der Waals surface area (Å²) in [5.41, 5.74) is 6.61. The summed E-state index contributed by atoms with van der Waals surface area (Å²) >= 11 is 0. The molecule has 0 aliphatic heterocycles. The van der Waals surface area contributed by atoms with Crippen LogP contribution in [0.15, 0.2) is 47.8 Å². The Labute approximate surface area is 109 Å². The zero-order valence-electron chi connectivity index (χ0n) is 9.95. The van der Waals surface area contributed by atoms with Gasteiger partial charge in [0.2, 0.25) is 0 Å². The fourth-order valence-electron chi connectivity index (χ4n) is 1.45. The predicted molar refractivity (Wildman–Crippen MR) is 67.5 cm³/mol. The highest BCUT2D eigenvalue weighted by atomic mass is 19.1. The lowest BCUT2D eigenvalue weighted by atomic mass is 10.2. The molecule has 3 N–H and O–H groups in total. The van der Waals surface area contributed by atoms with E-state index in [0.717, 1.165) is 5.56 Å². The molecule has 0 aliphatic rings. The molecule has 0 saturated carbocycles. The van der Waals surface area contributed by atoms with Crippen molar-refractivity contribution in [2.45, 2.75) is 6.61 Å². The van der Waals surface area contributed by atoms with E-state index in [-0.39, 0.29) is 18.3 Å². The number of hydrogen-bond donors (Lipinski definition) is 2. The number of benzene rings is 1. The zero-order chi connectivity index (χ0) is 13.7. The first-order valence-corrected chi connectivity index (χ1v) is 5.50. The standard InChI is InChI=1S/C13H12FN3O2/c14-10-1-3-11(4-2-10)19-8-9-5-6-16-12(7-9)13(15)17-18/h1-7,18H,8H2,(H2,15,17). The van der Waals surface area contributed by atoms with Crippen LogP contribution in [-0.2, 0) is 6.61 Å². The molecule has 2 rings (SSSR count). The van der Waals surface area contributed by atoms with E-state index in [1.165, 1.54) is 18.3 Å². The molecule has 2 aromatic rings. The SMILES string of the molecule is NC(=NO)c1cc(COc2ccc(F)cc2)ccn1. The van der Waals surface area contributed by atoms with E-state index in [2.05, 4.69) is 10.1 Å². The lowest BCUT2D eigenvalue weighted by Gasteiger charge is -2.07. The molecule has 0 aliphatic carbocycles. The van der Waals surface area contributed by atoms with Gasteiger partial charge in [0.15, 0.2) is 5.84 Å². The first-order valence-electron chi connectivity index (χ1n) is 5.50. The van der Waals surface area contributed by atoms with Crippen molar-refractivity contribution in [3.63, 3.8) is 0 Å². The van der Waals surface area contributed by atoms with Gasteiger partial charge >= 0.3 is 0 Å². The number of aromatic nitrogens is 1. The number of oxime groups is 1. The largest absolute Gasteiger partial charge is 0.489 e. The highest BCUT2D eigenvalue weighted by Crippen LogP contribution is 2.13. The van der Waals surface area contributed by atoms with Crippen LogP contribution in [0.2, 0.25) is 0 Å². The summed E-state index contributed by atoms with van der Waals surface area (Å²) in [4.78, 5) is 3.96. The van der Waals surface area contributed by atoms with Crippen LogP contribution < -0.4 is 10.5 Å². The number of amidine groups is 1. The zero-order valence-corrected chi connectivity index (χ0v) is 9.95. The average molecular weight is 261 g/mol. The highest BCUT2D eigenvalue weighted by molar-refractivity contribution is 5.95. The molecule has 0 unspecified atom stereocenters. The van der Waals surface area contributed by atoms with Gasteiger partial charge in [0.05, 0.1) is 0 Å². The molecule has 1 heterocycles. The summed E-state index contributed by atoms with van der Waals surface area (Å²) in [6.45, 7) is 0.278. The Morgan fingerprint density at radius 1 is 1.32 bits per heavy atom. The molecule has 0 atom stereocenters. The van der Waals surface area contributed by atoms with Crippen molar-refractivity contribution in [3.8, 4) is 5.75 Å². The molecule has 1 aromatic heterocycles. The third-order valence-electron chi connectivity index (χ3n) is 2.41.